The molecule has 2 aliphatic rings. The van der Waals surface area contributed by atoms with E-state index in [1.807, 2.05) is 12.3 Å². The second-order valence-electron chi connectivity index (χ2n) is 3.03. The molecule has 2 aliphatic heterocycles. The van der Waals surface area contributed by atoms with Gasteiger partial charge in [0.05, 0.1) is 5.69 Å². The normalized spacial score (nSPS) is 16.0. The van der Waals surface area contributed by atoms with Crippen molar-refractivity contribution in [3.05, 3.63) is 22.6 Å². The maximum atomic E-state index is 4.25. The predicted octanol–water partition coefficient (Wildman–Crippen LogP) is 0.389. The number of hydrogen-bond acceptors (Lipinski definition) is 2. The van der Waals surface area contributed by atoms with Crippen LogP contribution >= 0.6 is 0 Å². The van der Waals surface area contributed by atoms with E-state index in [9.17, 15) is 0 Å². The SMILES string of the molecule is C1=Nc2cc3c(cc2=C1)NCC=3. The van der Waals surface area contributed by atoms with E-state index in [2.05, 4.69) is 28.5 Å². The number of hydrogen-bond donors (Lipinski definition) is 1. The Morgan fingerprint density at radius 2 is 2.25 bits per heavy atom. The summed E-state index contributed by atoms with van der Waals surface area (Å²) in [5.74, 6) is 0. The molecule has 0 fully saturated rings. The highest BCUT2D eigenvalue weighted by atomic mass is 14.9. The van der Waals surface area contributed by atoms with Gasteiger partial charge in [-0.3, -0.25) is 4.99 Å². The highest BCUT2D eigenvalue weighted by Crippen LogP contribution is 2.10. The minimum absolute atomic E-state index is 0.946. The molecule has 1 N–H and O–H groups in total. The summed E-state index contributed by atoms with van der Waals surface area (Å²) in [4.78, 5) is 4.25. The lowest BCUT2D eigenvalue weighted by atomic mass is 10.2. The van der Waals surface area contributed by atoms with E-state index < -0.39 is 0 Å². The molecule has 2 heteroatoms. The van der Waals surface area contributed by atoms with E-state index in [-0.39, 0.29) is 0 Å². The van der Waals surface area contributed by atoms with Crippen LogP contribution in [0.5, 0.6) is 0 Å². The van der Waals surface area contributed by atoms with Crippen LogP contribution in [0.1, 0.15) is 0 Å². The molecule has 0 unspecified atom stereocenters. The Labute approximate surface area is 69.9 Å². The van der Waals surface area contributed by atoms with Crippen molar-refractivity contribution in [3.8, 4) is 0 Å². The van der Waals surface area contributed by atoms with E-state index in [0.717, 1.165) is 12.2 Å². The zero-order chi connectivity index (χ0) is 7.97. The molecule has 0 radical (unpaired) electrons. The van der Waals surface area contributed by atoms with Crippen LogP contribution in [-0.4, -0.2) is 12.8 Å². The van der Waals surface area contributed by atoms with Gasteiger partial charge in [-0.15, -0.1) is 0 Å². The summed E-state index contributed by atoms with van der Waals surface area (Å²) in [5, 5.41) is 5.80. The van der Waals surface area contributed by atoms with Gasteiger partial charge in [0.15, 0.2) is 0 Å². The second kappa shape index (κ2) is 1.97. The van der Waals surface area contributed by atoms with Crippen molar-refractivity contribution in [1.82, 2.24) is 0 Å². The molecule has 0 spiro atoms. The molecule has 0 atom stereocenters. The lowest BCUT2D eigenvalue weighted by Crippen LogP contribution is -2.08. The average Bonchev–Trinajstić information content (AvgIpc) is 2.64. The number of fused-ring (bicyclic) bond motifs is 2. The number of benzene rings is 1. The second-order valence-corrected chi connectivity index (χ2v) is 3.03. The third-order valence-electron chi connectivity index (χ3n) is 2.28. The Kier molecular flexibility index (Phi) is 0.987. The van der Waals surface area contributed by atoms with Crippen LogP contribution in [0.2, 0.25) is 0 Å². The fourth-order valence-corrected chi connectivity index (χ4v) is 1.66. The first-order valence-corrected chi connectivity index (χ1v) is 4.06. The van der Waals surface area contributed by atoms with Gasteiger partial charge in [0.1, 0.15) is 0 Å². The largest absolute Gasteiger partial charge is 0.381 e. The van der Waals surface area contributed by atoms with Gasteiger partial charge >= 0.3 is 0 Å². The number of anilines is 1. The van der Waals surface area contributed by atoms with Crippen molar-refractivity contribution >= 4 is 29.7 Å². The van der Waals surface area contributed by atoms with E-state index in [1.54, 1.807) is 0 Å². The zero-order valence-electron chi connectivity index (χ0n) is 6.54. The summed E-state index contributed by atoms with van der Waals surface area (Å²) in [5.41, 5.74) is 2.32. The molecule has 0 aromatic heterocycles. The smallest absolute Gasteiger partial charge is 0.0709 e. The number of rotatable bonds is 0. The van der Waals surface area contributed by atoms with Crippen molar-refractivity contribution in [2.24, 2.45) is 4.99 Å². The highest BCUT2D eigenvalue weighted by Gasteiger charge is 2.05. The quantitative estimate of drug-likeness (QED) is 0.577. The Bertz CT molecular complexity index is 483. The first-order chi connectivity index (χ1) is 5.93. The maximum absolute atomic E-state index is 4.25. The molecule has 58 valence electrons. The maximum Gasteiger partial charge on any atom is 0.0709 e. The summed E-state index contributed by atoms with van der Waals surface area (Å²) in [7, 11) is 0. The topological polar surface area (TPSA) is 24.4 Å². The molecule has 0 saturated carbocycles. The standard InChI is InChI=1S/C10H8N2/c1-3-11-9-6-8-2-4-12-10(8)5-7(1)9/h1-3,5-6,12H,4H2. The molecule has 2 nitrogen and oxygen atoms in total. The lowest BCUT2D eigenvalue weighted by Gasteiger charge is -1.97. The van der Waals surface area contributed by atoms with Crippen molar-refractivity contribution in [3.63, 3.8) is 0 Å². The third kappa shape index (κ3) is 0.666. The lowest BCUT2D eigenvalue weighted by molar-refractivity contribution is 1.43. The molecule has 1 aromatic carbocycles. The van der Waals surface area contributed by atoms with E-state index in [0.29, 0.717) is 0 Å². The van der Waals surface area contributed by atoms with Crippen LogP contribution in [0, 0.1) is 0 Å². The Balaban J connectivity index is 2.45. The fraction of sp³-hybridized carbons (Fsp3) is 0.100. The van der Waals surface area contributed by atoms with Gasteiger partial charge in [0.25, 0.3) is 0 Å². The van der Waals surface area contributed by atoms with E-state index in [4.69, 9.17) is 0 Å². The van der Waals surface area contributed by atoms with Crippen LogP contribution in [0.15, 0.2) is 17.1 Å². The number of nitrogens with one attached hydrogen (secondary N) is 1. The third-order valence-corrected chi connectivity index (χ3v) is 2.28. The van der Waals surface area contributed by atoms with E-state index in [1.165, 1.54) is 16.1 Å². The molecule has 0 bridgehead atoms. The Morgan fingerprint density at radius 3 is 3.25 bits per heavy atom. The van der Waals surface area contributed by atoms with Gasteiger partial charge in [-0.1, -0.05) is 6.08 Å². The molecule has 3 rings (SSSR count). The summed E-state index contributed by atoms with van der Waals surface area (Å²) in [6.07, 6.45) is 6.07. The predicted molar refractivity (Wildman–Crippen MR) is 51.3 cm³/mol. The average molecular weight is 156 g/mol. The minimum Gasteiger partial charge on any atom is -0.381 e. The van der Waals surface area contributed by atoms with Gasteiger partial charge < -0.3 is 5.32 Å². The molecular weight excluding hydrogens is 148 g/mol. The fourth-order valence-electron chi connectivity index (χ4n) is 1.66. The first kappa shape index (κ1) is 6.00. The summed E-state index contributed by atoms with van der Waals surface area (Å²) in [6.45, 7) is 0.946. The highest BCUT2D eigenvalue weighted by molar-refractivity contribution is 5.97. The van der Waals surface area contributed by atoms with Crippen molar-refractivity contribution in [1.29, 1.82) is 0 Å². The number of aliphatic imine (C=N–C) groups is 1. The molecule has 0 amide bonds. The van der Waals surface area contributed by atoms with Gasteiger partial charge in [-0.05, 0) is 23.4 Å². The van der Waals surface area contributed by atoms with Gasteiger partial charge in [-0.2, -0.15) is 0 Å². The first-order valence-electron chi connectivity index (χ1n) is 4.06. The monoisotopic (exact) mass is 156 g/mol. The molecule has 12 heavy (non-hydrogen) atoms. The van der Waals surface area contributed by atoms with Gasteiger partial charge in [-0.25, -0.2) is 0 Å². The van der Waals surface area contributed by atoms with Crippen LogP contribution in [-0.2, 0) is 0 Å². The van der Waals surface area contributed by atoms with E-state index >= 15 is 0 Å². The van der Waals surface area contributed by atoms with Crippen LogP contribution in [0.4, 0.5) is 11.4 Å². The van der Waals surface area contributed by atoms with Crippen molar-refractivity contribution in [2.75, 3.05) is 11.9 Å². The molecule has 2 heterocycles. The van der Waals surface area contributed by atoms with Crippen LogP contribution in [0.3, 0.4) is 0 Å². The van der Waals surface area contributed by atoms with Crippen molar-refractivity contribution < 1.29 is 0 Å². The minimum atomic E-state index is 0.946. The van der Waals surface area contributed by atoms with Gasteiger partial charge in [0, 0.05) is 23.7 Å². The van der Waals surface area contributed by atoms with Crippen LogP contribution in [0.25, 0.3) is 12.2 Å². The molecular formula is C10H8N2. The zero-order valence-corrected chi connectivity index (χ0v) is 6.54. The summed E-state index contributed by atoms with van der Waals surface area (Å²) >= 11 is 0. The van der Waals surface area contributed by atoms with Crippen molar-refractivity contribution in [2.45, 2.75) is 0 Å². The Morgan fingerprint density at radius 1 is 1.25 bits per heavy atom. The van der Waals surface area contributed by atoms with Crippen LogP contribution < -0.4 is 15.8 Å². The molecule has 1 aromatic rings. The number of nitrogens with zero attached hydrogens (tertiary/aromatic N) is 1. The van der Waals surface area contributed by atoms with Gasteiger partial charge in [0.2, 0.25) is 0 Å². The summed E-state index contributed by atoms with van der Waals surface area (Å²) in [6, 6.07) is 4.28. The molecule has 0 aliphatic carbocycles. The Hall–Kier alpha value is -1.57. The molecule has 0 saturated heterocycles. The summed E-state index contributed by atoms with van der Waals surface area (Å²) < 4.78 is 0.